The van der Waals surface area contributed by atoms with Gasteiger partial charge in [-0.05, 0) is 44.4 Å². The number of para-hydroxylation sites is 1. The van der Waals surface area contributed by atoms with E-state index in [1.165, 1.54) is 11.8 Å². The van der Waals surface area contributed by atoms with Gasteiger partial charge in [0.25, 0.3) is 0 Å². The molecule has 34 heavy (non-hydrogen) atoms. The summed E-state index contributed by atoms with van der Waals surface area (Å²) in [5.41, 5.74) is 6.52. The van der Waals surface area contributed by atoms with Crippen LogP contribution in [-0.4, -0.2) is 43.9 Å². The Balaban J connectivity index is 1.37. The molecule has 4 rings (SSSR count). The fourth-order valence-electron chi connectivity index (χ4n) is 4.12. The third kappa shape index (κ3) is 5.04. The summed E-state index contributed by atoms with van der Waals surface area (Å²) in [5, 5.41) is 15.6. The summed E-state index contributed by atoms with van der Waals surface area (Å²) in [6, 6.07) is 12.1. The number of aromatic nitrogens is 4. The molecule has 176 valence electrons. The smallest absolute Gasteiger partial charge is 0.243 e. The lowest BCUT2D eigenvalue weighted by molar-refractivity contribution is -0.122. The molecule has 0 spiro atoms. The van der Waals surface area contributed by atoms with Gasteiger partial charge in [0.1, 0.15) is 5.52 Å². The van der Waals surface area contributed by atoms with Crippen molar-refractivity contribution in [2.24, 2.45) is 0 Å². The number of hydrogen-bond acceptors (Lipinski definition) is 6. The molecule has 0 fully saturated rings. The summed E-state index contributed by atoms with van der Waals surface area (Å²) >= 11 is 1.20. The summed E-state index contributed by atoms with van der Waals surface area (Å²) in [6.45, 7) is 8.76. The number of nitrogens with one attached hydrogen (secondary N) is 2. The Labute approximate surface area is 202 Å². The fraction of sp³-hybridized carbons (Fsp3) is 0.320. The molecule has 0 atom stereocenters. The number of fused-ring (bicyclic) bond motifs is 3. The fourth-order valence-corrected chi connectivity index (χ4v) is 4.73. The number of aryl methyl sites for hydroxylation is 4. The standard InChI is InChI=1S/C25H28N6O2S/c1-5-10-31-19-9-7-6-8-18(19)23-24(31)28-25(30-29-23)34-14-21(33)26-13-20(32)27-22-16(3)11-15(2)12-17(22)4/h6-9,11-12H,5,10,13-14H2,1-4H3,(H,26,33)(H,27,32). The van der Waals surface area contributed by atoms with Gasteiger partial charge < -0.3 is 15.2 Å². The van der Waals surface area contributed by atoms with E-state index in [1.54, 1.807) is 0 Å². The van der Waals surface area contributed by atoms with Gasteiger partial charge in [0.05, 0.1) is 17.8 Å². The molecule has 9 heteroatoms. The highest BCUT2D eigenvalue weighted by atomic mass is 32.2. The number of thioether (sulfide) groups is 1. The number of benzene rings is 2. The molecule has 0 aliphatic heterocycles. The van der Waals surface area contributed by atoms with Crippen LogP contribution in [0.4, 0.5) is 5.69 Å². The van der Waals surface area contributed by atoms with Crippen molar-refractivity contribution in [2.45, 2.75) is 45.8 Å². The molecule has 2 heterocycles. The Morgan fingerprint density at radius 2 is 1.76 bits per heavy atom. The normalized spacial score (nSPS) is 11.2. The van der Waals surface area contributed by atoms with Crippen LogP contribution in [0.25, 0.3) is 22.1 Å². The van der Waals surface area contributed by atoms with Crippen LogP contribution in [0.3, 0.4) is 0 Å². The number of carbonyl (C=O) groups excluding carboxylic acids is 2. The second kappa shape index (κ2) is 10.2. The number of carbonyl (C=O) groups is 2. The first kappa shape index (κ1) is 23.7. The van der Waals surface area contributed by atoms with E-state index in [-0.39, 0.29) is 24.1 Å². The van der Waals surface area contributed by atoms with Gasteiger partial charge in [-0.25, -0.2) is 4.98 Å². The molecule has 2 aromatic heterocycles. The predicted octanol–water partition coefficient (Wildman–Crippen LogP) is 4.16. The molecule has 2 aromatic carbocycles. The summed E-state index contributed by atoms with van der Waals surface area (Å²) in [7, 11) is 0. The van der Waals surface area contributed by atoms with Crippen molar-refractivity contribution in [1.82, 2.24) is 25.1 Å². The van der Waals surface area contributed by atoms with Gasteiger partial charge in [0.15, 0.2) is 5.65 Å². The molecule has 4 aromatic rings. The number of rotatable bonds is 8. The molecule has 0 radical (unpaired) electrons. The highest BCUT2D eigenvalue weighted by molar-refractivity contribution is 7.99. The molecule has 0 bridgehead atoms. The maximum atomic E-state index is 12.3. The van der Waals surface area contributed by atoms with E-state index < -0.39 is 0 Å². The van der Waals surface area contributed by atoms with Crippen LogP contribution < -0.4 is 10.6 Å². The van der Waals surface area contributed by atoms with Crippen LogP contribution in [0.2, 0.25) is 0 Å². The Kier molecular flexibility index (Phi) is 7.12. The number of hydrogen-bond donors (Lipinski definition) is 2. The second-order valence-electron chi connectivity index (χ2n) is 8.32. The van der Waals surface area contributed by atoms with Gasteiger partial charge in [0.2, 0.25) is 17.0 Å². The van der Waals surface area contributed by atoms with Gasteiger partial charge in [-0.2, -0.15) is 0 Å². The van der Waals surface area contributed by atoms with Crippen molar-refractivity contribution in [3.05, 3.63) is 53.1 Å². The predicted molar refractivity (Wildman–Crippen MR) is 136 cm³/mol. The van der Waals surface area contributed by atoms with Crippen molar-refractivity contribution >= 4 is 51.3 Å². The van der Waals surface area contributed by atoms with E-state index in [4.69, 9.17) is 0 Å². The highest BCUT2D eigenvalue weighted by Crippen LogP contribution is 2.27. The lowest BCUT2D eigenvalue weighted by atomic mass is 10.1. The molecule has 2 amide bonds. The quantitative estimate of drug-likeness (QED) is 0.370. The number of nitrogens with zero attached hydrogens (tertiary/aromatic N) is 4. The van der Waals surface area contributed by atoms with E-state index in [0.29, 0.717) is 5.16 Å². The van der Waals surface area contributed by atoms with Crippen LogP contribution in [-0.2, 0) is 16.1 Å². The average molecular weight is 477 g/mol. The summed E-state index contributed by atoms with van der Waals surface area (Å²) in [4.78, 5) is 29.3. The molecule has 8 nitrogen and oxygen atoms in total. The lowest BCUT2D eigenvalue weighted by Crippen LogP contribution is -2.34. The lowest BCUT2D eigenvalue weighted by Gasteiger charge is -2.13. The maximum absolute atomic E-state index is 12.3. The first-order valence-corrected chi connectivity index (χ1v) is 12.2. The maximum Gasteiger partial charge on any atom is 0.243 e. The minimum Gasteiger partial charge on any atom is -0.346 e. The third-order valence-electron chi connectivity index (χ3n) is 5.52. The van der Waals surface area contributed by atoms with Crippen LogP contribution >= 0.6 is 11.8 Å². The average Bonchev–Trinajstić information content (AvgIpc) is 3.12. The van der Waals surface area contributed by atoms with E-state index in [0.717, 1.165) is 57.4 Å². The van der Waals surface area contributed by atoms with Gasteiger partial charge in [-0.1, -0.05) is 54.6 Å². The van der Waals surface area contributed by atoms with E-state index in [9.17, 15) is 9.59 Å². The van der Waals surface area contributed by atoms with Crippen molar-refractivity contribution in [3.8, 4) is 0 Å². The van der Waals surface area contributed by atoms with Gasteiger partial charge in [0, 0.05) is 17.6 Å². The van der Waals surface area contributed by atoms with Gasteiger partial charge in [-0.15, -0.1) is 10.2 Å². The molecule has 0 aliphatic rings. The zero-order valence-corrected chi connectivity index (χ0v) is 20.6. The van der Waals surface area contributed by atoms with E-state index >= 15 is 0 Å². The minimum absolute atomic E-state index is 0.0943. The zero-order valence-electron chi connectivity index (χ0n) is 19.8. The van der Waals surface area contributed by atoms with E-state index in [2.05, 4.69) is 43.4 Å². The summed E-state index contributed by atoms with van der Waals surface area (Å²) < 4.78 is 2.14. The second-order valence-corrected chi connectivity index (χ2v) is 9.27. The molecular weight excluding hydrogens is 448 g/mol. The Morgan fingerprint density at radius 1 is 1.03 bits per heavy atom. The first-order chi connectivity index (χ1) is 16.4. The number of anilines is 1. The molecule has 0 saturated heterocycles. The molecule has 2 N–H and O–H groups in total. The van der Waals surface area contributed by atoms with Gasteiger partial charge in [-0.3, -0.25) is 9.59 Å². The van der Waals surface area contributed by atoms with Crippen molar-refractivity contribution < 1.29 is 9.59 Å². The largest absolute Gasteiger partial charge is 0.346 e. The van der Waals surface area contributed by atoms with Crippen molar-refractivity contribution in [1.29, 1.82) is 0 Å². The third-order valence-corrected chi connectivity index (χ3v) is 6.36. The molecule has 0 aliphatic carbocycles. The van der Waals surface area contributed by atoms with Crippen LogP contribution in [0, 0.1) is 20.8 Å². The van der Waals surface area contributed by atoms with Crippen LogP contribution in [0.1, 0.15) is 30.0 Å². The topological polar surface area (TPSA) is 102 Å². The summed E-state index contributed by atoms with van der Waals surface area (Å²) in [6.07, 6.45) is 0.965. The van der Waals surface area contributed by atoms with Crippen molar-refractivity contribution in [2.75, 3.05) is 17.6 Å². The van der Waals surface area contributed by atoms with Crippen LogP contribution in [0.15, 0.2) is 41.6 Å². The molecule has 0 saturated carbocycles. The Hall–Kier alpha value is -3.46. The summed E-state index contributed by atoms with van der Waals surface area (Å²) in [5.74, 6) is -0.441. The van der Waals surface area contributed by atoms with Gasteiger partial charge >= 0.3 is 0 Å². The molecule has 0 unspecified atom stereocenters. The highest BCUT2D eigenvalue weighted by Gasteiger charge is 2.15. The first-order valence-electron chi connectivity index (χ1n) is 11.3. The van der Waals surface area contributed by atoms with Crippen molar-refractivity contribution in [3.63, 3.8) is 0 Å². The number of amides is 2. The zero-order chi connectivity index (χ0) is 24.2. The Bertz CT molecular complexity index is 1360. The van der Waals surface area contributed by atoms with E-state index in [1.807, 2.05) is 51.1 Å². The van der Waals surface area contributed by atoms with Crippen LogP contribution in [0.5, 0.6) is 0 Å². The SMILES string of the molecule is CCCn1c2ccccc2c2nnc(SCC(=O)NCC(=O)Nc3c(C)cc(C)cc3C)nc21. The monoisotopic (exact) mass is 476 g/mol. The molecular formula is C25H28N6O2S. The Morgan fingerprint density at radius 3 is 2.50 bits per heavy atom. The minimum atomic E-state index is -0.268.